The number of carbonyl (C=O) groups is 1. The Bertz CT molecular complexity index is 362. The van der Waals surface area contributed by atoms with Crippen LogP contribution >= 0.6 is 15.9 Å². The molecule has 0 aromatic rings. The fourth-order valence-electron chi connectivity index (χ4n) is 3.59. The molecular weight excluding hydrogens is 306 g/mol. The molecule has 0 radical (unpaired) electrons. The van der Waals surface area contributed by atoms with Gasteiger partial charge in [0.15, 0.2) is 0 Å². The summed E-state index contributed by atoms with van der Waals surface area (Å²) in [5, 5.41) is 3.27. The standard InChI is InChI=1S/C15H24BrNO2/c1-14(10-12(14)16)13(18)17-11-5-8-19-15(9-11)6-3-2-4-7-15/h11-12H,2-10H2,1H3,(H,17,18). The van der Waals surface area contributed by atoms with Crippen molar-refractivity contribution in [3.63, 3.8) is 0 Å². The minimum Gasteiger partial charge on any atom is -0.375 e. The van der Waals surface area contributed by atoms with Crippen LogP contribution in [0.1, 0.15) is 58.3 Å². The van der Waals surface area contributed by atoms with Gasteiger partial charge in [-0.15, -0.1) is 0 Å². The van der Waals surface area contributed by atoms with Crippen molar-refractivity contribution in [2.75, 3.05) is 6.61 Å². The quantitative estimate of drug-likeness (QED) is 0.790. The molecule has 1 heterocycles. The number of amides is 1. The summed E-state index contributed by atoms with van der Waals surface area (Å²) in [6.07, 6.45) is 9.20. The van der Waals surface area contributed by atoms with Gasteiger partial charge < -0.3 is 10.1 Å². The zero-order valence-corrected chi connectivity index (χ0v) is 13.3. The van der Waals surface area contributed by atoms with Gasteiger partial charge in [0, 0.05) is 17.5 Å². The van der Waals surface area contributed by atoms with Crippen LogP contribution in [-0.2, 0) is 9.53 Å². The zero-order valence-electron chi connectivity index (χ0n) is 11.7. The Morgan fingerprint density at radius 1 is 1.26 bits per heavy atom. The van der Waals surface area contributed by atoms with E-state index in [-0.39, 0.29) is 16.9 Å². The molecule has 0 aromatic heterocycles. The van der Waals surface area contributed by atoms with E-state index < -0.39 is 0 Å². The fraction of sp³-hybridized carbons (Fsp3) is 0.933. The van der Waals surface area contributed by atoms with Crippen LogP contribution in [-0.4, -0.2) is 29.0 Å². The number of halogens is 1. The van der Waals surface area contributed by atoms with Crippen molar-refractivity contribution >= 4 is 21.8 Å². The molecule has 0 bridgehead atoms. The first kappa shape index (κ1) is 13.9. The van der Waals surface area contributed by atoms with Crippen LogP contribution in [0.3, 0.4) is 0 Å². The van der Waals surface area contributed by atoms with Crippen molar-refractivity contribution in [2.45, 2.75) is 74.8 Å². The minimum absolute atomic E-state index is 0.0761. The van der Waals surface area contributed by atoms with E-state index in [4.69, 9.17) is 4.74 Å². The van der Waals surface area contributed by atoms with Crippen LogP contribution < -0.4 is 5.32 Å². The molecule has 3 aliphatic rings. The number of nitrogens with one attached hydrogen (secondary N) is 1. The predicted molar refractivity (Wildman–Crippen MR) is 78.4 cm³/mol. The maximum absolute atomic E-state index is 12.3. The second-order valence-electron chi connectivity index (χ2n) is 6.84. The average molecular weight is 330 g/mol. The Morgan fingerprint density at radius 2 is 1.95 bits per heavy atom. The molecule has 2 saturated carbocycles. The number of hydrogen-bond donors (Lipinski definition) is 1. The number of alkyl halides is 1. The van der Waals surface area contributed by atoms with E-state index in [0.29, 0.717) is 10.9 Å². The van der Waals surface area contributed by atoms with Crippen LogP contribution in [0.2, 0.25) is 0 Å². The zero-order chi connectivity index (χ0) is 13.5. The fourth-order valence-corrected chi connectivity index (χ4v) is 4.47. The van der Waals surface area contributed by atoms with Crippen LogP contribution in [0.25, 0.3) is 0 Å². The van der Waals surface area contributed by atoms with Gasteiger partial charge in [-0.1, -0.05) is 35.2 Å². The molecule has 1 saturated heterocycles. The number of carbonyl (C=O) groups excluding carboxylic acids is 1. The van der Waals surface area contributed by atoms with Gasteiger partial charge in [-0.2, -0.15) is 0 Å². The second kappa shape index (κ2) is 5.03. The van der Waals surface area contributed by atoms with E-state index in [9.17, 15) is 4.79 Å². The smallest absolute Gasteiger partial charge is 0.227 e. The Kier molecular flexibility index (Phi) is 3.67. The van der Waals surface area contributed by atoms with Crippen molar-refractivity contribution in [3.05, 3.63) is 0 Å². The molecule has 1 aliphatic heterocycles. The summed E-state index contributed by atoms with van der Waals surface area (Å²) in [5.74, 6) is 0.229. The van der Waals surface area contributed by atoms with Crippen molar-refractivity contribution in [3.8, 4) is 0 Å². The summed E-state index contributed by atoms with van der Waals surface area (Å²) < 4.78 is 6.08. The summed E-state index contributed by atoms with van der Waals surface area (Å²) >= 11 is 3.55. The number of rotatable bonds is 2. The normalized spacial score (nSPS) is 40.9. The van der Waals surface area contributed by atoms with Gasteiger partial charge in [0.25, 0.3) is 0 Å². The van der Waals surface area contributed by atoms with E-state index in [1.807, 2.05) is 0 Å². The first-order valence-corrected chi connectivity index (χ1v) is 8.55. The molecule has 108 valence electrons. The Balaban J connectivity index is 1.58. The molecule has 3 rings (SSSR count). The van der Waals surface area contributed by atoms with E-state index in [2.05, 4.69) is 28.2 Å². The van der Waals surface area contributed by atoms with Crippen LogP contribution in [0.5, 0.6) is 0 Å². The molecule has 0 aromatic carbocycles. The molecule has 1 spiro atoms. The van der Waals surface area contributed by atoms with Crippen LogP contribution in [0.15, 0.2) is 0 Å². The van der Waals surface area contributed by atoms with Crippen molar-refractivity contribution in [2.24, 2.45) is 5.41 Å². The highest BCUT2D eigenvalue weighted by molar-refractivity contribution is 9.09. The highest BCUT2D eigenvalue weighted by Gasteiger charge is 2.55. The molecule has 3 atom stereocenters. The second-order valence-corrected chi connectivity index (χ2v) is 7.95. The third-order valence-corrected chi connectivity index (χ3v) is 6.58. The van der Waals surface area contributed by atoms with Crippen LogP contribution in [0, 0.1) is 5.41 Å². The minimum atomic E-state index is -0.169. The molecule has 2 aliphatic carbocycles. The van der Waals surface area contributed by atoms with Gasteiger partial charge in [0.1, 0.15) is 0 Å². The molecule has 3 unspecified atom stereocenters. The summed E-state index contributed by atoms with van der Waals surface area (Å²) in [5.41, 5.74) is -0.0925. The molecule has 1 N–H and O–H groups in total. The highest BCUT2D eigenvalue weighted by atomic mass is 79.9. The third-order valence-electron chi connectivity index (χ3n) is 5.25. The SMILES string of the molecule is CC1(C(=O)NC2CCOC3(CCCCC3)C2)CC1Br. The van der Waals surface area contributed by atoms with Gasteiger partial charge in [0.2, 0.25) is 5.91 Å². The summed E-state index contributed by atoms with van der Waals surface area (Å²) in [6, 6.07) is 0.316. The monoisotopic (exact) mass is 329 g/mol. The highest BCUT2D eigenvalue weighted by Crippen LogP contribution is 2.51. The maximum atomic E-state index is 12.3. The summed E-state index contributed by atoms with van der Waals surface area (Å²) in [7, 11) is 0. The molecular formula is C15H24BrNO2. The molecule has 1 amide bonds. The van der Waals surface area contributed by atoms with E-state index in [1.165, 1.54) is 32.1 Å². The Labute approximate surface area is 124 Å². The molecule has 3 fully saturated rings. The first-order chi connectivity index (χ1) is 9.04. The summed E-state index contributed by atoms with van der Waals surface area (Å²) in [6.45, 7) is 2.86. The lowest BCUT2D eigenvalue weighted by atomic mass is 9.78. The van der Waals surface area contributed by atoms with Crippen molar-refractivity contribution in [1.29, 1.82) is 0 Å². The van der Waals surface area contributed by atoms with E-state index in [0.717, 1.165) is 25.9 Å². The molecule has 3 nitrogen and oxygen atoms in total. The van der Waals surface area contributed by atoms with Gasteiger partial charge in [-0.25, -0.2) is 0 Å². The largest absolute Gasteiger partial charge is 0.375 e. The van der Waals surface area contributed by atoms with Gasteiger partial charge >= 0.3 is 0 Å². The lowest BCUT2D eigenvalue weighted by molar-refractivity contribution is -0.132. The molecule has 4 heteroatoms. The van der Waals surface area contributed by atoms with Gasteiger partial charge in [-0.05, 0) is 39.0 Å². The molecule has 19 heavy (non-hydrogen) atoms. The summed E-state index contributed by atoms with van der Waals surface area (Å²) in [4.78, 5) is 12.7. The Morgan fingerprint density at radius 3 is 2.58 bits per heavy atom. The lowest BCUT2D eigenvalue weighted by Gasteiger charge is -2.43. The average Bonchev–Trinajstić information content (AvgIpc) is 3.00. The van der Waals surface area contributed by atoms with Crippen molar-refractivity contribution in [1.82, 2.24) is 5.32 Å². The van der Waals surface area contributed by atoms with Crippen molar-refractivity contribution < 1.29 is 9.53 Å². The first-order valence-electron chi connectivity index (χ1n) is 7.63. The maximum Gasteiger partial charge on any atom is 0.227 e. The van der Waals surface area contributed by atoms with Crippen LogP contribution in [0.4, 0.5) is 0 Å². The van der Waals surface area contributed by atoms with Gasteiger partial charge in [0.05, 0.1) is 11.0 Å². The number of hydrogen-bond acceptors (Lipinski definition) is 2. The Hall–Kier alpha value is -0.0900. The topological polar surface area (TPSA) is 38.3 Å². The lowest BCUT2D eigenvalue weighted by Crippen LogP contribution is -2.50. The predicted octanol–water partition coefficient (Wildman–Crippen LogP) is 3.16. The van der Waals surface area contributed by atoms with E-state index >= 15 is 0 Å². The van der Waals surface area contributed by atoms with Gasteiger partial charge in [-0.3, -0.25) is 4.79 Å². The number of ether oxygens (including phenoxy) is 1. The third kappa shape index (κ3) is 2.71. The van der Waals surface area contributed by atoms with E-state index in [1.54, 1.807) is 0 Å².